The number of amides is 2. The van der Waals surface area contributed by atoms with Crippen molar-refractivity contribution in [1.82, 2.24) is 4.90 Å². The van der Waals surface area contributed by atoms with Gasteiger partial charge in [-0.15, -0.1) is 0 Å². The molecule has 5 nitrogen and oxygen atoms in total. The number of anilines is 2. The molecule has 0 saturated heterocycles. The van der Waals surface area contributed by atoms with E-state index in [2.05, 4.69) is 26.1 Å². The van der Waals surface area contributed by atoms with E-state index >= 15 is 0 Å². The van der Waals surface area contributed by atoms with Crippen LogP contribution >= 0.6 is 11.6 Å². The van der Waals surface area contributed by atoms with Crippen LogP contribution < -0.4 is 10.2 Å². The summed E-state index contributed by atoms with van der Waals surface area (Å²) in [6, 6.07) is 22.8. The fourth-order valence-electron chi connectivity index (χ4n) is 4.36. The zero-order chi connectivity index (χ0) is 26.2. The van der Waals surface area contributed by atoms with Crippen LogP contribution in [-0.2, 0) is 11.3 Å². The maximum atomic E-state index is 13.9. The molecule has 3 aromatic carbocycles. The SMILES string of the molecule is CC[C@@H](C)N(Cc1cc(NC(=O)c2ccccc2Cl)ccc1N(C)C)C(=O)[C@H](CC)c1ccccc1. The number of carbonyl (C=O) groups excluding carboxylic acids is 2. The molecule has 0 aromatic heterocycles. The van der Waals surface area contributed by atoms with Gasteiger partial charge >= 0.3 is 0 Å². The van der Waals surface area contributed by atoms with E-state index < -0.39 is 0 Å². The van der Waals surface area contributed by atoms with E-state index in [1.165, 1.54) is 0 Å². The Balaban J connectivity index is 1.94. The van der Waals surface area contributed by atoms with E-state index in [4.69, 9.17) is 11.6 Å². The fraction of sp³-hybridized carbons (Fsp3) is 0.333. The standard InChI is InChI=1S/C30H36ClN3O2/c1-6-21(3)34(30(36)25(7-2)22-13-9-8-10-14-22)20-23-19-24(17-18-28(23)33(4)5)32-29(35)26-15-11-12-16-27(26)31/h8-19,21,25H,6-7,20H2,1-5H3,(H,32,35)/t21-,25-/m1/s1. The van der Waals surface area contributed by atoms with E-state index in [-0.39, 0.29) is 23.8 Å². The third-order valence-corrected chi connectivity index (χ3v) is 6.92. The first-order valence-electron chi connectivity index (χ1n) is 12.5. The van der Waals surface area contributed by atoms with Crippen LogP contribution in [0.2, 0.25) is 5.02 Å². The highest BCUT2D eigenvalue weighted by atomic mass is 35.5. The number of hydrogen-bond acceptors (Lipinski definition) is 3. The Morgan fingerprint density at radius 2 is 1.58 bits per heavy atom. The van der Waals surface area contributed by atoms with E-state index in [1.807, 2.05) is 72.4 Å². The molecule has 6 heteroatoms. The highest BCUT2D eigenvalue weighted by Crippen LogP contribution is 2.29. The molecule has 1 N–H and O–H groups in total. The van der Waals surface area contributed by atoms with Crippen molar-refractivity contribution < 1.29 is 9.59 Å². The zero-order valence-electron chi connectivity index (χ0n) is 21.8. The normalized spacial score (nSPS) is 12.5. The van der Waals surface area contributed by atoms with Crippen LogP contribution in [0.5, 0.6) is 0 Å². The Hall–Kier alpha value is -3.31. The van der Waals surface area contributed by atoms with Crippen molar-refractivity contribution >= 4 is 34.8 Å². The summed E-state index contributed by atoms with van der Waals surface area (Å²) < 4.78 is 0. The Kier molecular flexibility index (Phi) is 9.54. The molecule has 36 heavy (non-hydrogen) atoms. The van der Waals surface area contributed by atoms with Gasteiger partial charge in [-0.25, -0.2) is 0 Å². The molecule has 0 radical (unpaired) electrons. The van der Waals surface area contributed by atoms with Crippen molar-refractivity contribution in [2.75, 3.05) is 24.3 Å². The van der Waals surface area contributed by atoms with Gasteiger partial charge in [0.25, 0.3) is 5.91 Å². The van der Waals surface area contributed by atoms with Crippen molar-refractivity contribution in [2.45, 2.75) is 52.1 Å². The number of halogens is 1. The Bertz CT molecular complexity index is 1180. The number of rotatable bonds is 10. The molecule has 0 aliphatic heterocycles. The van der Waals surface area contributed by atoms with Crippen LogP contribution in [0.3, 0.4) is 0 Å². The fourth-order valence-corrected chi connectivity index (χ4v) is 4.58. The van der Waals surface area contributed by atoms with Gasteiger partial charge in [0.15, 0.2) is 0 Å². The number of nitrogens with one attached hydrogen (secondary N) is 1. The first kappa shape index (κ1) is 27.3. The molecule has 0 unspecified atom stereocenters. The average Bonchev–Trinajstić information content (AvgIpc) is 2.88. The molecule has 3 aromatic rings. The van der Waals surface area contributed by atoms with Crippen LogP contribution in [0.25, 0.3) is 0 Å². The van der Waals surface area contributed by atoms with Gasteiger partial charge in [-0.05, 0) is 61.2 Å². The summed E-state index contributed by atoms with van der Waals surface area (Å²) in [4.78, 5) is 30.7. The van der Waals surface area contributed by atoms with Crippen LogP contribution in [0.15, 0.2) is 72.8 Å². The molecular weight excluding hydrogens is 470 g/mol. The molecule has 0 spiro atoms. The summed E-state index contributed by atoms with van der Waals surface area (Å²) in [6.07, 6.45) is 1.57. The highest BCUT2D eigenvalue weighted by Gasteiger charge is 2.28. The lowest BCUT2D eigenvalue weighted by molar-refractivity contribution is -0.135. The molecule has 2 amide bonds. The second-order valence-electron chi connectivity index (χ2n) is 9.27. The van der Waals surface area contributed by atoms with Crippen molar-refractivity contribution in [3.05, 3.63) is 94.5 Å². The third kappa shape index (κ3) is 6.46. The Morgan fingerprint density at radius 3 is 2.19 bits per heavy atom. The molecule has 0 fully saturated rings. The van der Waals surface area contributed by atoms with Gasteiger partial charge in [-0.1, -0.05) is 67.9 Å². The first-order valence-corrected chi connectivity index (χ1v) is 12.9. The van der Waals surface area contributed by atoms with Gasteiger partial charge in [-0.3, -0.25) is 9.59 Å². The van der Waals surface area contributed by atoms with Crippen LogP contribution in [0.4, 0.5) is 11.4 Å². The van der Waals surface area contributed by atoms with Crippen LogP contribution in [-0.4, -0.2) is 36.9 Å². The maximum absolute atomic E-state index is 13.9. The van der Waals surface area contributed by atoms with Gasteiger partial charge in [0.2, 0.25) is 5.91 Å². The lowest BCUT2D eigenvalue weighted by Crippen LogP contribution is -2.41. The number of carbonyl (C=O) groups is 2. The van der Waals surface area contributed by atoms with Crippen molar-refractivity contribution in [2.24, 2.45) is 0 Å². The summed E-state index contributed by atoms with van der Waals surface area (Å²) in [5.41, 5.74) is 4.08. The van der Waals surface area contributed by atoms with E-state index in [0.717, 1.165) is 29.7 Å². The van der Waals surface area contributed by atoms with E-state index in [0.29, 0.717) is 22.8 Å². The number of benzene rings is 3. The summed E-state index contributed by atoms with van der Waals surface area (Å²) in [6.45, 7) is 6.69. The second-order valence-corrected chi connectivity index (χ2v) is 9.67. The summed E-state index contributed by atoms with van der Waals surface area (Å²) in [5.74, 6) is -0.353. The summed E-state index contributed by atoms with van der Waals surface area (Å²) >= 11 is 6.22. The van der Waals surface area contributed by atoms with E-state index in [9.17, 15) is 9.59 Å². The molecular formula is C30H36ClN3O2. The summed E-state index contributed by atoms with van der Waals surface area (Å²) in [7, 11) is 3.96. The molecule has 0 bridgehead atoms. The Labute approximate surface area is 220 Å². The maximum Gasteiger partial charge on any atom is 0.257 e. The molecule has 0 aliphatic rings. The van der Waals surface area contributed by atoms with Gasteiger partial charge in [0.1, 0.15) is 0 Å². The molecule has 2 atom stereocenters. The quantitative estimate of drug-likeness (QED) is 0.323. The highest BCUT2D eigenvalue weighted by molar-refractivity contribution is 6.34. The van der Waals surface area contributed by atoms with Crippen molar-refractivity contribution in [3.63, 3.8) is 0 Å². The number of nitrogens with zero attached hydrogens (tertiary/aromatic N) is 2. The first-order chi connectivity index (χ1) is 17.3. The molecule has 3 rings (SSSR count). The predicted octanol–water partition coefficient (Wildman–Crippen LogP) is 6.98. The van der Waals surface area contributed by atoms with Crippen LogP contribution in [0, 0.1) is 0 Å². The van der Waals surface area contributed by atoms with Crippen molar-refractivity contribution in [1.29, 1.82) is 0 Å². The second kappa shape index (κ2) is 12.6. The van der Waals surface area contributed by atoms with Crippen LogP contribution in [0.1, 0.15) is 61.0 Å². The predicted molar refractivity (Wildman–Crippen MR) is 150 cm³/mol. The van der Waals surface area contributed by atoms with Crippen molar-refractivity contribution in [3.8, 4) is 0 Å². The minimum atomic E-state index is -0.269. The third-order valence-electron chi connectivity index (χ3n) is 6.59. The molecule has 0 heterocycles. The van der Waals surface area contributed by atoms with Gasteiger partial charge in [0.05, 0.1) is 16.5 Å². The zero-order valence-corrected chi connectivity index (χ0v) is 22.5. The van der Waals surface area contributed by atoms with Gasteiger partial charge < -0.3 is 15.1 Å². The molecule has 190 valence electrons. The number of hydrogen-bond donors (Lipinski definition) is 1. The average molecular weight is 506 g/mol. The Morgan fingerprint density at radius 1 is 0.917 bits per heavy atom. The smallest absolute Gasteiger partial charge is 0.257 e. The lowest BCUT2D eigenvalue weighted by atomic mass is 9.94. The minimum absolute atomic E-state index is 0.0617. The topological polar surface area (TPSA) is 52.7 Å². The van der Waals surface area contributed by atoms with Gasteiger partial charge in [-0.2, -0.15) is 0 Å². The minimum Gasteiger partial charge on any atom is -0.377 e. The van der Waals surface area contributed by atoms with Gasteiger partial charge in [0, 0.05) is 38.1 Å². The lowest BCUT2D eigenvalue weighted by Gasteiger charge is -2.33. The monoisotopic (exact) mass is 505 g/mol. The summed E-state index contributed by atoms with van der Waals surface area (Å²) in [5, 5.41) is 3.37. The van der Waals surface area contributed by atoms with E-state index in [1.54, 1.807) is 24.3 Å². The largest absolute Gasteiger partial charge is 0.377 e. The molecule has 0 aliphatic carbocycles. The molecule has 0 saturated carbocycles.